The number of aliphatic imine (C=N–C) groups is 1. The molecule has 0 amide bonds. The lowest BCUT2D eigenvalue weighted by Crippen LogP contribution is -2.45. The van der Waals surface area contributed by atoms with Crippen LogP contribution in [0.5, 0.6) is 0 Å². The average molecular weight is 471 g/mol. The number of hydrogen-bond acceptors (Lipinski definition) is 3. The van der Waals surface area contributed by atoms with E-state index in [0.717, 1.165) is 50.4 Å². The van der Waals surface area contributed by atoms with Crippen LogP contribution < -0.4 is 10.2 Å². The molecule has 2 saturated heterocycles. The molecule has 5 nitrogen and oxygen atoms in total. The number of likely N-dealkylation sites (tertiary alicyclic amines) is 1. The summed E-state index contributed by atoms with van der Waals surface area (Å²) in [6.07, 6.45) is 9.80. The van der Waals surface area contributed by atoms with Crippen molar-refractivity contribution in [2.45, 2.75) is 52.0 Å². The van der Waals surface area contributed by atoms with Crippen molar-refractivity contribution in [3.8, 4) is 0 Å². The molecule has 0 radical (unpaired) electrons. The van der Waals surface area contributed by atoms with Gasteiger partial charge in [0, 0.05) is 46.0 Å². The highest BCUT2D eigenvalue weighted by Gasteiger charge is 2.19. The summed E-state index contributed by atoms with van der Waals surface area (Å²) in [5.41, 5.74) is 1.28. The van der Waals surface area contributed by atoms with Crippen LogP contribution in [0.1, 0.15) is 51.0 Å². The Morgan fingerprint density at radius 3 is 2.65 bits per heavy atom. The monoisotopic (exact) mass is 471 g/mol. The van der Waals surface area contributed by atoms with Crippen LogP contribution in [0.3, 0.4) is 0 Å². The molecule has 0 aromatic carbocycles. The van der Waals surface area contributed by atoms with Crippen LogP contribution in [-0.2, 0) is 6.54 Å². The van der Waals surface area contributed by atoms with Crippen LogP contribution >= 0.6 is 24.0 Å². The molecular formula is C20H34IN5. The molecule has 0 bridgehead atoms. The van der Waals surface area contributed by atoms with Gasteiger partial charge in [-0.25, -0.2) is 4.98 Å². The van der Waals surface area contributed by atoms with Crippen LogP contribution in [0.25, 0.3) is 0 Å². The molecule has 0 saturated carbocycles. The minimum Gasteiger partial charge on any atom is -0.357 e. The van der Waals surface area contributed by atoms with Crippen molar-refractivity contribution in [2.75, 3.05) is 38.1 Å². The molecule has 1 N–H and O–H groups in total. The molecule has 1 atom stereocenters. The zero-order valence-electron chi connectivity index (χ0n) is 16.3. The van der Waals surface area contributed by atoms with Crippen LogP contribution in [0.4, 0.5) is 5.82 Å². The molecule has 0 spiro atoms. The van der Waals surface area contributed by atoms with E-state index in [1.165, 1.54) is 44.1 Å². The number of halogens is 1. The van der Waals surface area contributed by atoms with Gasteiger partial charge in [-0.05, 0) is 49.3 Å². The number of pyridine rings is 1. The number of piperidine rings is 1. The first-order chi connectivity index (χ1) is 12.3. The van der Waals surface area contributed by atoms with E-state index in [4.69, 9.17) is 0 Å². The van der Waals surface area contributed by atoms with Gasteiger partial charge in [0.15, 0.2) is 5.96 Å². The predicted octanol–water partition coefficient (Wildman–Crippen LogP) is 3.89. The Morgan fingerprint density at radius 1 is 1.19 bits per heavy atom. The fourth-order valence-corrected chi connectivity index (χ4v) is 3.94. The van der Waals surface area contributed by atoms with Gasteiger partial charge in [0.05, 0.1) is 0 Å². The second-order valence-corrected chi connectivity index (χ2v) is 7.52. The van der Waals surface area contributed by atoms with Crippen molar-refractivity contribution >= 4 is 35.8 Å². The van der Waals surface area contributed by atoms with E-state index in [1.807, 2.05) is 13.2 Å². The fraction of sp³-hybridized carbons (Fsp3) is 0.700. The number of anilines is 1. The highest BCUT2D eigenvalue weighted by atomic mass is 127. The van der Waals surface area contributed by atoms with Crippen molar-refractivity contribution in [1.82, 2.24) is 15.2 Å². The van der Waals surface area contributed by atoms with E-state index in [1.54, 1.807) is 0 Å². The molecular weight excluding hydrogens is 437 g/mol. The largest absolute Gasteiger partial charge is 0.357 e. The summed E-state index contributed by atoms with van der Waals surface area (Å²) in [7, 11) is 1.89. The standard InChI is InChI=1S/C20H33N5.HI/c1-17-8-7-13-25(16-17)20(21-2)23-15-18-9-10-22-19(14-18)24-11-5-3-4-6-12-24;/h9-10,14,17H,3-8,11-13,15-16H2,1-2H3,(H,21,23);1H. The Labute approximate surface area is 175 Å². The highest BCUT2D eigenvalue weighted by Crippen LogP contribution is 2.19. The Kier molecular flexibility index (Phi) is 8.95. The minimum absolute atomic E-state index is 0. The number of rotatable bonds is 3. The third-order valence-electron chi connectivity index (χ3n) is 5.36. The van der Waals surface area contributed by atoms with E-state index < -0.39 is 0 Å². The third-order valence-corrected chi connectivity index (χ3v) is 5.36. The van der Waals surface area contributed by atoms with Crippen molar-refractivity contribution in [3.05, 3.63) is 23.9 Å². The smallest absolute Gasteiger partial charge is 0.193 e. The Balaban J connectivity index is 0.00000243. The summed E-state index contributed by atoms with van der Waals surface area (Å²) in [5, 5.41) is 3.55. The summed E-state index contributed by atoms with van der Waals surface area (Å²) >= 11 is 0. The van der Waals surface area contributed by atoms with Crippen molar-refractivity contribution in [2.24, 2.45) is 10.9 Å². The SMILES string of the molecule is CN=C(NCc1ccnc(N2CCCCCC2)c1)N1CCCC(C)C1.I. The van der Waals surface area contributed by atoms with Crippen LogP contribution in [0, 0.1) is 5.92 Å². The van der Waals surface area contributed by atoms with Gasteiger partial charge in [-0.15, -0.1) is 24.0 Å². The van der Waals surface area contributed by atoms with E-state index in [0.29, 0.717) is 0 Å². The quantitative estimate of drug-likeness (QED) is 0.413. The highest BCUT2D eigenvalue weighted by molar-refractivity contribution is 14.0. The second kappa shape index (κ2) is 10.9. The Bertz CT molecular complexity index is 569. The summed E-state index contributed by atoms with van der Waals surface area (Å²) in [6, 6.07) is 4.35. The number of aromatic nitrogens is 1. The maximum atomic E-state index is 4.61. The Hall–Kier alpha value is -1.05. The number of guanidine groups is 1. The Morgan fingerprint density at radius 2 is 1.96 bits per heavy atom. The van der Waals surface area contributed by atoms with Gasteiger partial charge >= 0.3 is 0 Å². The van der Waals surface area contributed by atoms with Crippen LogP contribution in [0.2, 0.25) is 0 Å². The van der Waals surface area contributed by atoms with Gasteiger partial charge in [0.1, 0.15) is 5.82 Å². The first kappa shape index (κ1) is 21.3. The maximum Gasteiger partial charge on any atom is 0.193 e. The van der Waals surface area contributed by atoms with Gasteiger partial charge < -0.3 is 15.1 Å². The molecule has 1 aromatic heterocycles. The number of hydrogen-bond donors (Lipinski definition) is 1. The second-order valence-electron chi connectivity index (χ2n) is 7.52. The van der Waals surface area contributed by atoms with E-state index >= 15 is 0 Å². The lowest BCUT2D eigenvalue weighted by Gasteiger charge is -2.33. The van der Waals surface area contributed by atoms with Crippen LogP contribution in [0.15, 0.2) is 23.3 Å². The molecule has 1 unspecified atom stereocenters. The van der Waals surface area contributed by atoms with E-state index in [9.17, 15) is 0 Å². The molecule has 1 aromatic rings. The number of nitrogens with one attached hydrogen (secondary N) is 1. The predicted molar refractivity (Wildman–Crippen MR) is 121 cm³/mol. The molecule has 6 heteroatoms. The van der Waals surface area contributed by atoms with Crippen molar-refractivity contribution in [3.63, 3.8) is 0 Å². The molecule has 146 valence electrons. The van der Waals surface area contributed by atoms with Gasteiger partial charge in [0.25, 0.3) is 0 Å². The van der Waals surface area contributed by atoms with Crippen LogP contribution in [-0.4, -0.2) is 49.1 Å². The number of nitrogens with zero attached hydrogens (tertiary/aromatic N) is 4. The zero-order chi connectivity index (χ0) is 17.5. The van der Waals surface area contributed by atoms with E-state index in [2.05, 4.69) is 44.1 Å². The van der Waals surface area contributed by atoms with Gasteiger partial charge in [-0.2, -0.15) is 0 Å². The first-order valence-electron chi connectivity index (χ1n) is 9.92. The molecule has 2 fully saturated rings. The fourth-order valence-electron chi connectivity index (χ4n) is 3.94. The first-order valence-corrected chi connectivity index (χ1v) is 9.92. The van der Waals surface area contributed by atoms with Gasteiger partial charge in [0.2, 0.25) is 0 Å². The average Bonchev–Trinajstić information content (AvgIpc) is 2.92. The molecule has 3 heterocycles. The van der Waals surface area contributed by atoms with E-state index in [-0.39, 0.29) is 24.0 Å². The van der Waals surface area contributed by atoms with Gasteiger partial charge in [-0.1, -0.05) is 19.8 Å². The molecule has 2 aliphatic heterocycles. The third kappa shape index (κ3) is 5.99. The lowest BCUT2D eigenvalue weighted by molar-refractivity contribution is 0.266. The molecule has 26 heavy (non-hydrogen) atoms. The van der Waals surface area contributed by atoms with Crippen molar-refractivity contribution < 1.29 is 0 Å². The topological polar surface area (TPSA) is 43.8 Å². The summed E-state index contributed by atoms with van der Waals surface area (Å²) in [5.74, 6) is 2.91. The molecule has 2 aliphatic rings. The van der Waals surface area contributed by atoms with Crippen molar-refractivity contribution in [1.29, 1.82) is 0 Å². The molecule has 3 rings (SSSR count). The summed E-state index contributed by atoms with van der Waals surface area (Å²) < 4.78 is 0. The maximum absolute atomic E-state index is 4.61. The molecule has 0 aliphatic carbocycles. The minimum atomic E-state index is 0. The normalized spacial score (nSPS) is 21.8. The summed E-state index contributed by atoms with van der Waals surface area (Å²) in [6.45, 7) is 7.62. The van der Waals surface area contributed by atoms with Gasteiger partial charge in [-0.3, -0.25) is 4.99 Å². The zero-order valence-corrected chi connectivity index (χ0v) is 18.6. The lowest BCUT2D eigenvalue weighted by atomic mass is 10.0. The summed E-state index contributed by atoms with van der Waals surface area (Å²) in [4.78, 5) is 13.9.